The summed E-state index contributed by atoms with van der Waals surface area (Å²) >= 11 is 0. The van der Waals surface area contributed by atoms with Crippen LogP contribution in [0.4, 0.5) is 15.8 Å². The van der Waals surface area contributed by atoms with E-state index in [0.717, 1.165) is 0 Å². The Bertz CT molecular complexity index is 290. The van der Waals surface area contributed by atoms with Crippen molar-refractivity contribution in [2.45, 2.75) is 0 Å². The van der Waals surface area contributed by atoms with Crippen molar-refractivity contribution in [1.29, 1.82) is 5.41 Å². The molecule has 0 saturated heterocycles. The third kappa shape index (κ3) is 2.12. The van der Waals surface area contributed by atoms with Crippen molar-refractivity contribution >= 4 is 17.3 Å². The van der Waals surface area contributed by atoms with Gasteiger partial charge in [0.15, 0.2) is 5.96 Å². The minimum absolute atomic E-state index is 0.250. The molecule has 1 rings (SSSR count). The molecule has 64 valence electrons. The van der Waals surface area contributed by atoms with Gasteiger partial charge in [0, 0.05) is 11.4 Å². The molecular formula is C7H9FN4. The van der Waals surface area contributed by atoms with Gasteiger partial charge in [-0.2, -0.15) is 0 Å². The average Bonchev–Trinajstić information content (AvgIpc) is 1.81. The quantitative estimate of drug-likeness (QED) is 0.283. The summed E-state index contributed by atoms with van der Waals surface area (Å²) in [4.78, 5) is 0. The predicted molar refractivity (Wildman–Crippen MR) is 46.3 cm³/mol. The van der Waals surface area contributed by atoms with Crippen molar-refractivity contribution in [2.24, 2.45) is 5.73 Å². The number of halogens is 1. The Kier molecular flexibility index (Phi) is 2.14. The first-order valence-electron chi connectivity index (χ1n) is 3.25. The molecule has 0 atom stereocenters. The third-order valence-electron chi connectivity index (χ3n) is 1.20. The normalized spacial score (nSPS) is 9.42. The summed E-state index contributed by atoms with van der Waals surface area (Å²) in [6.07, 6.45) is 0. The first-order chi connectivity index (χ1) is 5.58. The van der Waals surface area contributed by atoms with Crippen LogP contribution in [-0.4, -0.2) is 5.96 Å². The number of hydrogen-bond acceptors (Lipinski definition) is 2. The summed E-state index contributed by atoms with van der Waals surface area (Å²) in [6, 6.07) is 3.88. The lowest BCUT2D eigenvalue weighted by Crippen LogP contribution is -2.20. The lowest BCUT2D eigenvalue weighted by molar-refractivity contribution is 0.629. The molecule has 0 unspecified atom stereocenters. The maximum absolute atomic E-state index is 12.6. The van der Waals surface area contributed by atoms with Crippen molar-refractivity contribution in [1.82, 2.24) is 0 Å². The second-order valence-electron chi connectivity index (χ2n) is 2.31. The largest absolute Gasteiger partial charge is 0.399 e. The van der Waals surface area contributed by atoms with Crippen LogP contribution in [-0.2, 0) is 0 Å². The van der Waals surface area contributed by atoms with E-state index in [1.165, 1.54) is 18.2 Å². The van der Waals surface area contributed by atoms with Gasteiger partial charge in [-0.1, -0.05) is 0 Å². The molecule has 0 heterocycles. The van der Waals surface area contributed by atoms with E-state index in [1.807, 2.05) is 0 Å². The molecule has 5 heteroatoms. The lowest BCUT2D eigenvalue weighted by atomic mass is 10.3. The molecule has 0 aliphatic carbocycles. The fraction of sp³-hybridized carbons (Fsp3) is 0. The SMILES string of the molecule is N=C(N)Nc1cc(N)cc(F)c1. The fourth-order valence-corrected chi connectivity index (χ4v) is 0.840. The fourth-order valence-electron chi connectivity index (χ4n) is 0.840. The molecule has 0 amide bonds. The molecule has 0 aromatic heterocycles. The molecule has 1 aromatic rings. The molecule has 0 aliphatic rings. The van der Waals surface area contributed by atoms with Crippen molar-refractivity contribution < 1.29 is 4.39 Å². The Balaban J connectivity index is 2.93. The van der Waals surface area contributed by atoms with E-state index in [1.54, 1.807) is 0 Å². The molecular weight excluding hydrogens is 159 g/mol. The Morgan fingerprint density at radius 2 is 2.08 bits per heavy atom. The second-order valence-corrected chi connectivity index (χ2v) is 2.31. The van der Waals surface area contributed by atoms with Crippen molar-refractivity contribution in [2.75, 3.05) is 11.1 Å². The van der Waals surface area contributed by atoms with Gasteiger partial charge in [0.25, 0.3) is 0 Å². The van der Waals surface area contributed by atoms with Crippen LogP contribution in [0.2, 0.25) is 0 Å². The summed E-state index contributed by atoms with van der Waals surface area (Å²) < 4.78 is 12.6. The minimum atomic E-state index is -0.459. The van der Waals surface area contributed by atoms with Crippen LogP contribution in [0.1, 0.15) is 0 Å². The number of benzene rings is 1. The molecule has 0 fully saturated rings. The predicted octanol–water partition coefficient (Wildman–Crippen LogP) is 0.713. The molecule has 4 nitrogen and oxygen atoms in total. The van der Waals surface area contributed by atoms with Gasteiger partial charge in [0.2, 0.25) is 0 Å². The highest BCUT2D eigenvalue weighted by atomic mass is 19.1. The Morgan fingerprint density at radius 3 is 2.58 bits per heavy atom. The van der Waals surface area contributed by atoms with Gasteiger partial charge in [0.1, 0.15) is 5.82 Å². The summed E-state index contributed by atoms with van der Waals surface area (Å²) in [7, 11) is 0. The van der Waals surface area contributed by atoms with Gasteiger partial charge in [-0.05, 0) is 18.2 Å². The first-order valence-corrected chi connectivity index (χ1v) is 3.25. The van der Waals surface area contributed by atoms with E-state index in [4.69, 9.17) is 16.9 Å². The third-order valence-corrected chi connectivity index (χ3v) is 1.20. The van der Waals surface area contributed by atoms with Gasteiger partial charge < -0.3 is 16.8 Å². The van der Waals surface area contributed by atoms with E-state index in [-0.39, 0.29) is 5.96 Å². The van der Waals surface area contributed by atoms with Crippen LogP contribution >= 0.6 is 0 Å². The zero-order chi connectivity index (χ0) is 9.14. The van der Waals surface area contributed by atoms with E-state index in [0.29, 0.717) is 11.4 Å². The second kappa shape index (κ2) is 3.08. The number of anilines is 2. The van der Waals surface area contributed by atoms with Crippen LogP contribution in [0.5, 0.6) is 0 Å². The van der Waals surface area contributed by atoms with Crippen LogP contribution in [0.15, 0.2) is 18.2 Å². The maximum Gasteiger partial charge on any atom is 0.190 e. The van der Waals surface area contributed by atoms with Gasteiger partial charge in [0.05, 0.1) is 0 Å². The molecule has 0 saturated carbocycles. The first kappa shape index (κ1) is 8.32. The van der Waals surface area contributed by atoms with E-state index < -0.39 is 5.82 Å². The Morgan fingerprint density at radius 1 is 1.42 bits per heavy atom. The number of nitrogen functional groups attached to an aromatic ring is 1. The Hall–Kier alpha value is -1.78. The standard InChI is InChI=1S/C7H9FN4/c8-4-1-5(9)3-6(2-4)12-7(10)11/h1-3H,9H2,(H4,10,11,12). The van der Waals surface area contributed by atoms with Gasteiger partial charge in [-0.25, -0.2) is 4.39 Å². The van der Waals surface area contributed by atoms with Crippen LogP contribution in [0, 0.1) is 11.2 Å². The van der Waals surface area contributed by atoms with Gasteiger partial charge in [-0.15, -0.1) is 0 Å². The van der Waals surface area contributed by atoms with Crippen molar-refractivity contribution in [3.05, 3.63) is 24.0 Å². The smallest absolute Gasteiger partial charge is 0.190 e. The molecule has 0 aliphatic heterocycles. The molecule has 12 heavy (non-hydrogen) atoms. The monoisotopic (exact) mass is 168 g/mol. The van der Waals surface area contributed by atoms with E-state index >= 15 is 0 Å². The maximum atomic E-state index is 12.6. The molecule has 1 aromatic carbocycles. The highest BCUT2D eigenvalue weighted by Gasteiger charge is 1.97. The summed E-state index contributed by atoms with van der Waals surface area (Å²) in [5, 5.41) is 9.30. The molecule has 0 spiro atoms. The van der Waals surface area contributed by atoms with Crippen LogP contribution in [0.3, 0.4) is 0 Å². The van der Waals surface area contributed by atoms with Crippen LogP contribution < -0.4 is 16.8 Å². The highest BCUT2D eigenvalue weighted by molar-refractivity contribution is 5.90. The van der Waals surface area contributed by atoms with Gasteiger partial charge >= 0.3 is 0 Å². The summed E-state index contributed by atoms with van der Waals surface area (Å²) in [5.74, 6) is -0.709. The number of rotatable bonds is 1. The average molecular weight is 168 g/mol. The summed E-state index contributed by atoms with van der Waals surface area (Å²) in [5.41, 5.74) is 11.0. The van der Waals surface area contributed by atoms with Crippen molar-refractivity contribution in [3.8, 4) is 0 Å². The van der Waals surface area contributed by atoms with Gasteiger partial charge in [-0.3, -0.25) is 5.41 Å². The number of nitrogens with one attached hydrogen (secondary N) is 2. The summed E-state index contributed by atoms with van der Waals surface area (Å²) in [6.45, 7) is 0. The zero-order valence-corrected chi connectivity index (χ0v) is 6.26. The minimum Gasteiger partial charge on any atom is -0.399 e. The number of nitrogens with two attached hydrogens (primary N) is 2. The molecule has 0 radical (unpaired) electrons. The topological polar surface area (TPSA) is 87.9 Å². The number of hydrogen-bond donors (Lipinski definition) is 4. The molecule has 6 N–H and O–H groups in total. The zero-order valence-electron chi connectivity index (χ0n) is 6.26. The van der Waals surface area contributed by atoms with E-state index in [9.17, 15) is 4.39 Å². The lowest BCUT2D eigenvalue weighted by Gasteiger charge is -2.04. The highest BCUT2D eigenvalue weighted by Crippen LogP contribution is 2.14. The van der Waals surface area contributed by atoms with E-state index in [2.05, 4.69) is 5.32 Å². The molecule has 0 bridgehead atoms. The number of guanidine groups is 1. The Labute approximate surface area is 68.9 Å². The van der Waals surface area contributed by atoms with Crippen molar-refractivity contribution in [3.63, 3.8) is 0 Å². The van der Waals surface area contributed by atoms with Crippen LogP contribution in [0.25, 0.3) is 0 Å².